The fourth-order valence-electron chi connectivity index (χ4n) is 3.29. The van der Waals surface area contributed by atoms with Crippen molar-refractivity contribution in [3.05, 3.63) is 72.3 Å². The maximum Gasteiger partial charge on any atom is 0.195 e. The van der Waals surface area contributed by atoms with E-state index >= 15 is 0 Å². The van der Waals surface area contributed by atoms with Crippen LogP contribution in [-0.4, -0.2) is 24.1 Å². The third-order valence-electron chi connectivity index (χ3n) is 4.40. The van der Waals surface area contributed by atoms with Gasteiger partial charge in [0.2, 0.25) is 0 Å². The van der Waals surface area contributed by atoms with Gasteiger partial charge in [-0.2, -0.15) is 0 Å². The van der Waals surface area contributed by atoms with Crippen LogP contribution in [0.5, 0.6) is 0 Å². The number of nitrogens with zero attached hydrogens (tertiary/aromatic N) is 1. The zero-order chi connectivity index (χ0) is 16.0. The molecule has 3 heteroatoms. The Morgan fingerprint density at radius 3 is 2.48 bits per heavy atom. The molecule has 0 saturated heterocycles. The Bertz CT molecular complexity index is 933. The average Bonchev–Trinajstić information content (AvgIpc) is 2.86. The first kappa shape index (κ1) is 14.2. The molecular weight excluding hydrogens is 302 g/mol. The first-order valence-corrected chi connectivity index (χ1v) is 9.01. The Labute approximate surface area is 138 Å². The van der Waals surface area contributed by atoms with Crippen LogP contribution in [0, 0.1) is 0 Å². The molecule has 4 rings (SSSR count). The third-order valence-corrected chi connectivity index (χ3v) is 6.37. The molecule has 0 spiro atoms. The molecular formula is C20H17NOS. The molecule has 0 saturated carbocycles. The lowest BCUT2D eigenvalue weighted by atomic mass is 10.1. The van der Waals surface area contributed by atoms with Gasteiger partial charge in [-0.25, -0.2) is 0 Å². The summed E-state index contributed by atoms with van der Waals surface area (Å²) in [5.74, 6) is 4.47. The predicted molar refractivity (Wildman–Crippen MR) is 99.9 cm³/mol. The number of likely N-dealkylation sites (N-methyl/N-ethyl adjacent to an activating group) is 1. The third kappa shape index (κ3) is 2.12. The monoisotopic (exact) mass is 319 g/mol. The number of anilines is 1. The summed E-state index contributed by atoms with van der Waals surface area (Å²) in [6.07, 6.45) is 0. The van der Waals surface area contributed by atoms with Gasteiger partial charge in [0, 0.05) is 22.9 Å². The Morgan fingerprint density at radius 2 is 1.70 bits per heavy atom. The molecule has 2 atom stereocenters. The Hall–Kier alpha value is -2.39. The van der Waals surface area contributed by atoms with E-state index in [4.69, 9.17) is 0 Å². The van der Waals surface area contributed by atoms with Gasteiger partial charge in [-0.3, -0.25) is 4.79 Å². The van der Waals surface area contributed by atoms with Gasteiger partial charge < -0.3 is 4.90 Å². The molecule has 1 aliphatic rings. The van der Waals surface area contributed by atoms with Crippen LogP contribution in [0.1, 0.15) is 10.4 Å². The number of fused-ring (bicyclic) bond motifs is 3. The van der Waals surface area contributed by atoms with E-state index in [0.717, 1.165) is 11.3 Å². The van der Waals surface area contributed by atoms with E-state index in [9.17, 15) is 4.79 Å². The number of carbonyl (C=O) groups is 1. The maximum absolute atomic E-state index is 13.0. The van der Waals surface area contributed by atoms with Crippen LogP contribution in [0.2, 0.25) is 0 Å². The van der Waals surface area contributed by atoms with Crippen molar-refractivity contribution in [3.8, 4) is 0 Å². The molecule has 0 aromatic heterocycles. The van der Waals surface area contributed by atoms with Gasteiger partial charge in [0.25, 0.3) is 0 Å². The van der Waals surface area contributed by atoms with E-state index in [1.165, 1.54) is 15.7 Å². The van der Waals surface area contributed by atoms with E-state index in [-0.39, 0.29) is 21.6 Å². The molecule has 114 valence electrons. The number of carbonyl (C=O) groups excluding carboxylic acids is 1. The Kier molecular flexibility index (Phi) is 3.31. The molecule has 0 amide bonds. The molecule has 0 fully saturated rings. The molecule has 1 aliphatic heterocycles. The second-order valence-corrected chi connectivity index (χ2v) is 7.50. The largest absolute Gasteiger partial charge is 0.355 e. The van der Waals surface area contributed by atoms with Crippen LogP contribution in [0.15, 0.2) is 71.6 Å². The van der Waals surface area contributed by atoms with E-state index in [1.54, 1.807) is 0 Å². The van der Waals surface area contributed by atoms with Crippen molar-refractivity contribution in [2.75, 3.05) is 11.9 Å². The summed E-state index contributed by atoms with van der Waals surface area (Å²) in [7, 11) is 1.63. The number of hydrogen-bond acceptors (Lipinski definition) is 2. The molecule has 2 unspecified atom stereocenters. The van der Waals surface area contributed by atoms with Crippen molar-refractivity contribution >= 4 is 38.6 Å². The van der Waals surface area contributed by atoms with Crippen LogP contribution in [0.3, 0.4) is 0 Å². The van der Waals surface area contributed by atoms with Crippen molar-refractivity contribution in [3.63, 3.8) is 0 Å². The van der Waals surface area contributed by atoms with Crippen molar-refractivity contribution in [1.29, 1.82) is 0 Å². The van der Waals surface area contributed by atoms with Crippen molar-refractivity contribution in [2.24, 2.45) is 0 Å². The van der Waals surface area contributed by atoms with Crippen LogP contribution in [-0.2, 0) is 0 Å². The van der Waals surface area contributed by atoms with Crippen molar-refractivity contribution in [2.45, 2.75) is 10.3 Å². The standard InChI is InChI=1S/C20H17NOS/c1-21-18-16-11-7-6-8-14(16)12-13-17(18)23(2)20(21)19(22)15-9-4-3-5-10-15/h3-13,20H,2H2,1H3. The highest BCUT2D eigenvalue weighted by Gasteiger charge is 2.36. The highest BCUT2D eigenvalue weighted by Crippen LogP contribution is 2.50. The number of Topliss-reactive ketones (excluding diaryl/α,β-unsaturated/α-hetero) is 1. The van der Waals surface area contributed by atoms with Gasteiger partial charge in [-0.15, -0.1) is 10.5 Å². The summed E-state index contributed by atoms with van der Waals surface area (Å²) in [4.78, 5) is 16.3. The van der Waals surface area contributed by atoms with Crippen LogP contribution < -0.4 is 4.90 Å². The molecule has 2 nitrogen and oxygen atoms in total. The van der Waals surface area contributed by atoms with Gasteiger partial charge >= 0.3 is 0 Å². The van der Waals surface area contributed by atoms with Gasteiger partial charge in [0.1, 0.15) is 5.37 Å². The van der Waals surface area contributed by atoms with Crippen molar-refractivity contribution in [1.82, 2.24) is 0 Å². The summed E-state index contributed by atoms with van der Waals surface area (Å²) in [6, 6.07) is 22.1. The molecule has 0 radical (unpaired) electrons. The van der Waals surface area contributed by atoms with Gasteiger partial charge in [-0.1, -0.05) is 66.5 Å². The summed E-state index contributed by atoms with van der Waals surface area (Å²) >= 11 is 0. The number of rotatable bonds is 2. The first-order valence-electron chi connectivity index (χ1n) is 7.55. The molecule has 3 aromatic carbocycles. The minimum atomic E-state index is -0.376. The molecule has 0 N–H and O–H groups in total. The lowest BCUT2D eigenvalue weighted by Gasteiger charge is -2.22. The quantitative estimate of drug-likeness (QED) is 0.510. The molecule has 0 bridgehead atoms. The van der Waals surface area contributed by atoms with E-state index in [2.05, 4.69) is 35.0 Å². The topological polar surface area (TPSA) is 20.3 Å². The number of ketones is 1. The Morgan fingerprint density at radius 1 is 1.00 bits per heavy atom. The Balaban J connectivity index is 1.85. The average molecular weight is 319 g/mol. The van der Waals surface area contributed by atoms with E-state index in [1.807, 2.05) is 49.5 Å². The maximum atomic E-state index is 13.0. The van der Waals surface area contributed by atoms with E-state index < -0.39 is 0 Å². The predicted octanol–water partition coefficient (Wildman–Crippen LogP) is 4.56. The van der Waals surface area contributed by atoms with Crippen LogP contribution in [0.4, 0.5) is 5.69 Å². The lowest BCUT2D eigenvalue weighted by Crippen LogP contribution is -2.33. The minimum Gasteiger partial charge on any atom is -0.355 e. The molecule has 3 aromatic rings. The summed E-state index contributed by atoms with van der Waals surface area (Å²) in [5, 5.41) is 2.16. The van der Waals surface area contributed by atoms with E-state index in [0.29, 0.717) is 0 Å². The second kappa shape index (κ2) is 5.36. The van der Waals surface area contributed by atoms with Gasteiger partial charge in [-0.05, 0) is 11.5 Å². The summed E-state index contributed by atoms with van der Waals surface area (Å²) in [5.41, 5.74) is 1.90. The fourth-order valence-corrected chi connectivity index (χ4v) is 5.16. The highest BCUT2D eigenvalue weighted by atomic mass is 32.2. The smallest absolute Gasteiger partial charge is 0.195 e. The first-order chi connectivity index (χ1) is 11.2. The van der Waals surface area contributed by atoms with Crippen LogP contribution in [0.25, 0.3) is 10.8 Å². The molecule has 1 heterocycles. The highest BCUT2D eigenvalue weighted by molar-refractivity contribution is 8.15. The number of hydrogen-bond donors (Lipinski definition) is 0. The minimum absolute atomic E-state index is 0.145. The van der Waals surface area contributed by atoms with Crippen LogP contribution >= 0.6 is 10.5 Å². The molecule has 23 heavy (non-hydrogen) atoms. The van der Waals surface area contributed by atoms with Gasteiger partial charge in [0.05, 0.1) is 5.69 Å². The van der Waals surface area contributed by atoms with Gasteiger partial charge in [0.15, 0.2) is 5.78 Å². The SMILES string of the molecule is C=S1c2ccc3ccccc3c2N(C)C1C(=O)c1ccccc1. The fraction of sp³-hybridized carbons (Fsp3) is 0.100. The zero-order valence-corrected chi connectivity index (χ0v) is 13.7. The number of benzene rings is 3. The molecule has 0 aliphatic carbocycles. The second-order valence-electron chi connectivity index (χ2n) is 5.76. The van der Waals surface area contributed by atoms with Crippen molar-refractivity contribution < 1.29 is 4.79 Å². The normalized spacial score (nSPS) is 19.8. The lowest BCUT2D eigenvalue weighted by molar-refractivity contribution is 0.0990. The summed E-state index contributed by atoms with van der Waals surface area (Å²) in [6.45, 7) is 0. The zero-order valence-electron chi connectivity index (χ0n) is 12.9. The summed E-state index contributed by atoms with van der Waals surface area (Å²) < 4.78 is 0.